The van der Waals surface area contributed by atoms with Gasteiger partial charge in [-0.05, 0) is 24.3 Å². The van der Waals surface area contributed by atoms with Crippen molar-refractivity contribution in [3.63, 3.8) is 0 Å². The van der Waals surface area contributed by atoms with Gasteiger partial charge in [0.1, 0.15) is 5.82 Å². The number of rotatable bonds is 8. The number of esters is 1. The van der Waals surface area contributed by atoms with Crippen molar-refractivity contribution in [3.05, 3.63) is 62.9 Å². The van der Waals surface area contributed by atoms with Crippen molar-refractivity contribution in [3.8, 4) is 0 Å². The Bertz CT molecular complexity index is 908. The highest BCUT2D eigenvalue weighted by atomic mass is 35.5. The van der Waals surface area contributed by atoms with Crippen LogP contribution in [0.3, 0.4) is 0 Å². The van der Waals surface area contributed by atoms with Gasteiger partial charge in [-0.25, -0.2) is 9.18 Å². The number of amides is 1. The number of nitrogens with one attached hydrogen (secondary N) is 2. The summed E-state index contributed by atoms with van der Waals surface area (Å²) in [6.45, 7) is -0.904. The van der Waals surface area contributed by atoms with Gasteiger partial charge in [-0.2, -0.15) is 0 Å². The first kappa shape index (κ1) is 21.1. The average molecular weight is 412 g/mol. The van der Waals surface area contributed by atoms with Crippen molar-refractivity contribution in [2.24, 2.45) is 0 Å². The maximum absolute atomic E-state index is 13.6. The van der Waals surface area contributed by atoms with Crippen LogP contribution in [0.4, 0.5) is 21.5 Å². The predicted octanol–water partition coefficient (Wildman–Crippen LogP) is 2.59. The van der Waals surface area contributed by atoms with Crippen LogP contribution in [0.15, 0.2) is 36.4 Å². The van der Waals surface area contributed by atoms with Crippen LogP contribution in [0.2, 0.25) is 5.02 Å². The molecule has 11 heteroatoms. The highest BCUT2D eigenvalue weighted by Gasteiger charge is 2.19. The third-order valence-electron chi connectivity index (χ3n) is 3.40. The number of aliphatic hydroxyl groups is 1. The Morgan fingerprint density at radius 1 is 1.21 bits per heavy atom. The molecule has 0 unspecified atom stereocenters. The summed E-state index contributed by atoms with van der Waals surface area (Å²) in [5.74, 6) is -2.56. The first-order valence-electron chi connectivity index (χ1n) is 7.87. The largest absolute Gasteiger partial charge is 0.452 e. The summed E-state index contributed by atoms with van der Waals surface area (Å²) in [6, 6.07) is 6.99. The summed E-state index contributed by atoms with van der Waals surface area (Å²) < 4.78 is 18.5. The lowest BCUT2D eigenvalue weighted by molar-refractivity contribution is -0.384. The smallest absolute Gasteiger partial charge is 0.341 e. The molecule has 28 heavy (non-hydrogen) atoms. The predicted molar refractivity (Wildman–Crippen MR) is 99.0 cm³/mol. The van der Waals surface area contributed by atoms with Crippen molar-refractivity contribution >= 4 is 40.5 Å². The van der Waals surface area contributed by atoms with Gasteiger partial charge in [-0.1, -0.05) is 11.6 Å². The number of benzene rings is 2. The minimum absolute atomic E-state index is 0.0899. The number of carbonyl (C=O) groups is 2. The fourth-order valence-corrected chi connectivity index (χ4v) is 2.32. The van der Waals surface area contributed by atoms with Crippen LogP contribution < -0.4 is 10.6 Å². The molecule has 0 aromatic heterocycles. The molecule has 2 rings (SSSR count). The molecule has 3 N–H and O–H groups in total. The molecule has 0 radical (unpaired) electrons. The van der Waals surface area contributed by atoms with Gasteiger partial charge in [0.2, 0.25) is 0 Å². The Morgan fingerprint density at radius 3 is 2.64 bits per heavy atom. The Morgan fingerprint density at radius 2 is 1.96 bits per heavy atom. The van der Waals surface area contributed by atoms with Gasteiger partial charge in [-0.3, -0.25) is 14.9 Å². The molecule has 0 atom stereocenters. The van der Waals surface area contributed by atoms with E-state index in [-0.39, 0.29) is 40.8 Å². The molecule has 0 saturated carbocycles. The van der Waals surface area contributed by atoms with Crippen LogP contribution in [-0.2, 0) is 9.53 Å². The third-order valence-corrected chi connectivity index (χ3v) is 3.63. The van der Waals surface area contributed by atoms with Crippen LogP contribution in [0, 0.1) is 15.9 Å². The number of halogens is 2. The molecule has 2 aromatic carbocycles. The van der Waals surface area contributed by atoms with Gasteiger partial charge < -0.3 is 20.5 Å². The molecule has 1 amide bonds. The van der Waals surface area contributed by atoms with Crippen molar-refractivity contribution in [1.29, 1.82) is 0 Å². The molecule has 2 aromatic rings. The number of nitro benzene ring substituents is 1. The van der Waals surface area contributed by atoms with Crippen LogP contribution in [0.25, 0.3) is 0 Å². The van der Waals surface area contributed by atoms with E-state index in [0.717, 1.165) is 12.1 Å². The number of carbonyl (C=O) groups excluding carboxylic acids is 2. The molecule has 9 nitrogen and oxygen atoms in total. The molecule has 0 aliphatic carbocycles. The maximum Gasteiger partial charge on any atom is 0.341 e. The molecule has 0 aliphatic heterocycles. The normalized spacial score (nSPS) is 10.2. The van der Waals surface area contributed by atoms with Crippen molar-refractivity contribution in [1.82, 2.24) is 0 Å². The Labute approximate surface area is 163 Å². The second-order valence-corrected chi connectivity index (χ2v) is 5.82. The number of non-ortho nitro benzene ring substituents is 1. The Balaban J connectivity index is 2.08. The van der Waals surface area contributed by atoms with Gasteiger partial charge in [-0.15, -0.1) is 0 Å². The average Bonchev–Trinajstić information content (AvgIpc) is 2.67. The van der Waals surface area contributed by atoms with E-state index in [0.29, 0.717) is 0 Å². The van der Waals surface area contributed by atoms with Crippen LogP contribution >= 0.6 is 11.6 Å². The number of hydrogen-bond acceptors (Lipinski definition) is 7. The minimum Gasteiger partial charge on any atom is -0.452 e. The maximum atomic E-state index is 13.6. The van der Waals surface area contributed by atoms with E-state index in [1.165, 1.54) is 24.3 Å². The SMILES string of the molecule is O=C(COC(=O)c1cc([N+](=O)[O-])ccc1NCCO)Nc1cc(Cl)ccc1F. The molecule has 0 saturated heterocycles. The van der Waals surface area contributed by atoms with Crippen LogP contribution in [-0.4, -0.2) is 41.7 Å². The minimum atomic E-state index is -1.01. The van der Waals surface area contributed by atoms with E-state index in [1.54, 1.807) is 0 Å². The summed E-state index contributed by atoms with van der Waals surface area (Å²) in [5.41, 5.74) is -0.545. The number of anilines is 2. The molecular weight excluding hydrogens is 397 g/mol. The van der Waals surface area contributed by atoms with Crippen molar-refractivity contribution in [2.45, 2.75) is 0 Å². The molecule has 0 heterocycles. The number of ether oxygens (including phenoxy) is 1. The topological polar surface area (TPSA) is 131 Å². The van der Waals surface area contributed by atoms with Crippen LogP contribution in [0.1, 0.15) is 10.4 Å². The summed E-state index contributed by atoms with van der Waals surface area (Å²) in [7, 11) is 0. The van der Waals surface area contributed by atoms with E-state index in [2.05, 4.69) is 10.6 Å². The molecular formula is C17H15ClFN3O6. The second kappa shape index (κ2) is 9.62. The Kier molecular flexibility index (Phi) is 7.24. The summed E-state index contributed by atoms with van der Waals surface area (Å²) >= 11 is 5.72. The van der Waals surface area contributed by atoms with Crippen molar-refractivity contribution < 1.29 is 28.7 Å². The van der Waals surface area contributed by atoms with Crippen molar-refractivity contribution in [2.75, 3.05) is 30.4 Å². The second-order valence-electron chi connectivity index (χ2n) is 5.39. The van der Waals surface area contributed by atoms with E-state index in [4.69, 9.17) is 21.4 Å². The summed E-state index contributed by atoms with van der Waals surface area (Å²) in [5, 5.41) is 24.9. The standard InChI is InChI=1S/C17H15ClFN3O6/c18-10-1-3-13(19)15(7-10)21-16(24)9-28-17(25)12-8-11(22(26)27)2-4-14(12)20-5-6-23/h1-4,7-8,20,23H,5-6,9H2,(H,21,24). The summed E-state index contributed by atoms with van der Waals surface area (Å²) in [4.78, 5) is 34.4. The van der Waals surface area contributed by atoms with Gasteiger partial charge >= 0.3 is 5.97 Å². The lowest BCUT2D eigenvalue weighted by Gasteiger charge is -2.11. The number of nitrogens with zero attached hydrogens (tertiary/aromatic N) is 1. The van der Waals surface area contributed by atoms with E-state index in [1.807, 2.05) is 0 Å². The summed E-state index contributed by atoms with van der Waals surface area (Å²) in [6.07, 6.45) is 0. The highest BCUT2D eigenvalue weighted by Crippen LogP contribution is 2.23. The lowest BCUT2D eigenvalue weighted by atomic mass is 10.1. The fourth-order valence-electron chi connectivity index (χ4n) is 2.15. The molecule has 0 bridgehead atoms. The van der Waals surface area contributed by atoms with Gasteiger partial charge in [0.25, 0.3) is 11.6 Å². The zero-order valence-electron chi connectivity index (χ0n) is 14.3. The fraction of sp³-hybridized carbons (Fsp3) is 0.176. The molecule has 148 valence electrons. The molecule has 0 spiro atoms. The van der Waals surface area contributed by atoms with E-state index < -0.39 is 29.2 Å². The number of hydrogen-bond donors (Lipinski definition) is 3. The third kappa shape index (κ3) is 5.63. The first-order valence-corrected chi connectivity index (χ1v) is 8.25. The molecule has 0 aliphatic rings. The monoisotopic (exact) mass is 411 g/mol. The van der Waals surface area contributed by atoms with E-state index in [9.17, 15) is 24.1 Å². The number of aliphatic hydroxyl groups excluding tert-OH is 1. The quantitative estimate of drug-likeness (QED) is 0.345. The van der Waals surface area contributed by atoms with Gasteiger partial charge in [0.15, 0.2) is 6.61 Å². The first-order chi connectivity index (χ1) is 13.3. The lowest BCUT2D eigenvalue weighted by Crippen LogP contribution is -2.22. The molecule has 0 fully saturated rings. The van der Waals surface area contributed by atoms with Gasteiger partial charge in [0, 0.05) is 29.4 Å². The van der Waals surface area contributed by atoms with Crippen LogP contribution in [0.5, 0.6) is 0 Å². The highest BCUT2D eigenvalue weighted by molar-refractivity contribution is 6.30. The zero-order valence-corrected chi connectivity index (χ0v) is 15.0. The van der Waals surface area contributed by atoms with Gasteiger partial charge in [0.05, 0.1) is 22.8 Å². The zero-order chi connectivity index (χ0) is 20.7. The number of nitro groups is 1. The van der Waals surface area contributed by atoms with E-state index >= 15 is 0 Å². The Hall–Kier alpha value is -3.24.